The second-order valence-corrected chi connectivity index (χ2v) is 8.54. The number of hydrogen-bond acceptors (Lipinski definition) is 4. The van der Waals surface area contributed by atoms with Crippen LogP contribution in [0.25, 0.3) is 10.9 Å². The van der Waals surface area contributed by atoms with E-state index in [0.717, 1.165) is 48.2 Å². The van der Waals surface area contributed by atoms with Gasteiger partial charge in [0.05, 0.1) is 11.1 Å². The number of rotatable bonds is 4. The molecule has 2 aliphatic rings. The summed E-state index contributed by atoms with van der Waals surface area (Å²) >= 11 is 0. The standard InChI is InChI=1S/C26H27N3O2/c30-24(19-8-2-1-3-9-19)20-12-16-29(17-13-20)26(31)22-18-21-10-4-5-11-23(21)27-25(22)28-14-6-7-15-28/h1-5,8-11,18,20H,6-7,12-17H2. The zero-order valence-corrected chi connectivity index (χ0v) is 17.7. The zero-order valence-electron chi connectivity index (χ0n) is 17.7. The molecule has 3 heterocycles. The summed E-state index contributed by atoms with van der Waals surface area (Å²) in [6.07, 6.45) is 3.68. The first kappa shape index (κ1) is 19.7. The Morgan fingerprint density at radius 3 is 2.26 bits per heavy atom. The van der Waals surface area contributed by atoms with Crippen molar-refractivity contribution in [2.75, 3.05) is 31.1 Å². The average molecular weight is 414 g/mol. The normalized spacial score (nSPS) is 17.3. The van der Waals surface area contributed by atoms with Crippen LogP contribution in [0, 0.1) is 5.92 Å². The van der Waals surface area contributed by atoms with Gasteiger partial charge < -0.3 is 9.80 Å². The predicted molar refractivity (Wildman–Crippen MR) is 123 cm³/mol. The summed E-state index contributed by atoms with van der Waals surface area (Å²) in [4.78, 5) is 35.4. The van der Waals surface area contributed by atoms with Crippen molar-refractivity contribution in [2.45, 2.75) is 25.7 Å². The molecule has 2 aliphatic heterocycles. The van der Waals surface area contributed by atoms with E-state index in [1.165, 1.54) is 0 Å². The predicted octanol–water partition coefficient (Wildman–Crippen LogP) is 4.57. The Kier molecular flexibility index (Phi) is 5.41. The van der Waals surface area contributed by atoms with Crippen molar-refractivity contribution in [1.29, 1.82) is 0 Å². The van der Waals surface area contributed by atoms with Gasteiger partial charge in [0.1, 0.15) is 5.82 Å². The van der Waals surface area contributed by atoms with Crippen molar-refractivity contribution in [3.8, 4) is 0 Å². The van der Waals surface area contributed by atoms with Crippen molar-refractivity contribution in [2.24, 2.45) is 5.92 Å². The molecule has 0 unspecified atom stereocenters. The summed E-state index contributed by atoms with van der Waals surface area (Å²) in [5, 5.41) is 0.989. The van der Waals surface area contributed by atoms with Gasteiger partial charge >= 0.3 is 0 Å². The molecule has 158 valence electrons. The van der Waals surface area contributed by atoms with E-state index < -0.39 is 0 Å². The number of Topliss-reactive ketones (excluding diaryl/α,β-unsaturated/α-hetero) is 1. The van der Waals surface area contributed by atoms with E-state index in [2.05, 4.69) is 4.90 Å². The van der Waals surface area contributed by atoms with Crippen LogP contribution in [-0.4, -0.2) is 47.8 Å². The van der Waals surface area contributed by atoms with Gasteiger partial charge in [-0.05, 0) is 37.8 Å². The number of carbonyl (C=O) groups excluding carboxylic acids is 2. The Bertz CT molecular complexity index is 1100. The average Bonchev–Trinajstić information content (AvgIpc) is 3.38. The molecule has 0 aliphatic carbocycles. The number of benzene rings is 2. The third kappa shape index (κ3) is 3.92. The van der Waals surface area contributed by atoms with Gasteiger partial charge in [-0.25, -0.2) is 4.98 Å². The highest BCUT2D eigenvalue weighted by atomic mass is 16.2. The van der Waals surface area contributed by atoms with Gasteiger partial charge in [-0.3, -0.25) is 9.59 Å². The summed E-state index contributed by atoms with van der Waals surface area (Å²) in [6.45, 7) is 3.10. The van der Waals surface area contributed by atoms with Crippen LogP contribution >= 0.6 is 0 Å². The molecule has 0 saturated carbocycles. The molecule has 0 radical (unpaired) electrons. The highest BCUT2D eigenvalue weighted by molar-refractivity contribution is 6.03. The first-order valence-corrected chi connectivity index (χ1v) is 11.2. The highest BCUT2D eigenvalue weighted by Gasteiger charge is 2.31. The maximum atomic E-state index is 13.5. The van der Waals surface area contributed by atoms with Gasteiger partial charge in [-0.1, -0.05) is 48.5 Å². The van der Waals surface area contributed by atoms with Gasteiger partial charge in [0.2, 0.25) is 0 Å². The van der Waals surface area contributed by atoms with Crippen LogP contribution < -0.4 is 4.90 Å². The van der Waals surface area contributed by atoms with E-state index in [4.69, 9.17) is 4.98 Å². The van der Waals surface area contributed by atoms with E-state index >= 15 is 0 Å². The maximum Gasteiger partial charge on any atom is 0.257 e. The van der Waals surface area contributed by atoms with Gasteiger partial charge in [0.25, 0.3) is 5.91 Å². The Balaban J connectivity index is 1.37. The summed E-state index contributed by atoms with van der Waals surface area (Å²) in [6, 6.07) is 19.5. The lowest BCUT2D eigenvalue weighted by atomic mass is 9.88. The quantitative estimate of drug-likeness (QED) is 0.588. The third-order valence-electron chi connectivity index (χ3n) is 6.55. The fourth-order valence-electron chi connectivity index (χ4n) is 4.79. The van der Waals surface area contributed by atoms with Crippen molar-refractivity contribution < 1.29 is 9.59 Å². The number of fused-ring (bicyclic) bond motifs is 1. The molecule has 2 aromatic carbocycles. The molecule has 0 N–H and O–H groups in total. The SMILES string of the molecule is O=C(c1ccccc1)C1CCN(C(=O)c2cc3ccccc3nc2N2CCCC2)CC1. The molecule has 0 atom stereocenters. The van der Waals surface area contributed by atoms with Gasteiger partial charge in [0, 0.05) is 43.0 Å². The van der Waals surface area contributed by atoms with Crippen LogP contribution in [0.15, 0.2) is 60.7 Å². The molecular formula is C26H27N3O2. The number of likely N-dealkylation sites (tertiary alicyclic amines) is 1. The van der Waals surface area contributed by atoms with Crippen LogP contribution in [-0.2, 0) is 0 Å². The molecule has 0 bridgehead atoms. The Hall–Kier alpha value is -3.21. The molecule has 0 spiro atoms. The van der Waals surface area contributed by atoms with Gasteiger partial charge in [0.15, 0.2) is 5.78 Å². The molecule has 3 aromatic rings. The number of para-hydroxylation sites is 1. The Morgan fingerprint density at radius 1 is 0.839 bits per heavy atom. The molecule has 5 nitrogen and oxygen atoms in total. The van der Waals surface area contributed by atoms with Crippen LogP contribution in [0.4, 0.5) is 5.82 Å². The molecule has 5 rings (SSSR count). The summed E-state index contributed by atoms with van der Waals surface area (Å²) in [7, 11) is 0. The monoisotopic (exact) mass is 413 g/mol. The van der Waals surface area contributed by atoms with Crippen molar-refractivity contribution >= 4 is 28.4 Å². The summed E-state index contributed by atoms with van der Waals surface area (Å²) in [5.74, 6) is 1.02. The van der Waals surface area contributed by atoms with Crippen LogP contribution in [0.1, 0.15) is 46.4 Å². The maximum absolute atomic E-state index is 13.5. The zero-order chi connectivity index (χ0) is 21.2. The number of carbonyl (C=O) groups is 2. The number of aromatic nitrogens is 1. The van der Waals surface area contributed by atoms with E-state index in [1.807, 2.05) is 65.6 Å². The van der Waals surface area contributed by atoms with Gasteiger partial charge in [-0.15, -0.1) is 0 Å². The molecule has 1 amide bonds. The van der Waals surface area contributed by atoms with E-state index in [1.54, 1.807) is 0 Å². The van der Waals surface area contributed by atoms with Crippen LogP contribution in [0.5, 0.6) is 0 Å². The number of piperidine rings is 1. The Labute approximate surface area is 182 Å². The second-order valence-electron chi connectivity index (χ2n) is 8.54. The van der Waals surface area contributed by atoms with Gasteiger partial charge in [-0.2, -0.15) is 0 Å². The van der Waals surface area contributed by atoms with E-state index in [-0.39, 0.29) is 17.6 Å². The lowest BCUT2D eigenvalue weighted by molar-refractivity contribution is 0.0650. The van der Waals surface area contributed by atoms with Crippen molar-refractivity contribution in [1.82, 2.24) is 9.88 Å². The van der Waals surface area contributed by atoms with E-state index in [0.29, 0.717) is 31.5 Å². The largest absolute Gasteiger partial charge is 0.356 e. The third-order valence-corrected chi connectivity index (χ3v) is 6.55. The molecule has 5 heteroatoms. The molecule has 31 heavy (non-hydrogen) atoms. The smallest absolute Gasteiger partial charge is 0.257 e. The van der Waals surface area contributed by atoms with E-state index in [9.17, 15) is 9.59 Å². The lowest BCUT2D eigenvalue weighted by Crippen LogP contribution is -2.41. The topological polar surface area (TPSA) is 53.5 Å². The number of amides is 1. The second kappa shape index (κ2) is 8.50. The fourth-order valence-corrected chi connectivity index (χ4v) is 4.79. The molecule has 2 saturated heterocycles. The number of nitrogens with zero attached hydrogens (tertiary/aromatic N) is 3. The lowest BCUT2D eigenvalue weighted by Gasteiger charge is -2.32. The molecule has 1 aromatic heterocycles. The first-order chi connectivity index (χ1) is 15.2. The summed E-state index contributed by atoms with van der Waals surface area (Å²) < 4.78 is 0. The van der Waals surface area contributed by atoms with Crippen molar-refractivity contribution in [3.63, 3.8) is 0 Å². The van der Waals surface area contributed by atoms with Crippen molar-refractivity contribution in [3.05, 3.63) is 71.8 Å². The molecular weight excluding hydrogens is 386 g/mol. The number of ketones is 1. The minimum Gasteiger partial charge on any atom is -0.356 e. The summed E-state index contributed by atoms with van der Waals surface area (Å²) in [5.41, 5.74) is 2.38. The minimum atomic E-state index is -0.0146. The van der Waals surface area contributed by atoms with Crippen LogP contribution in [0.3, 0.4) is 0 Å². The fraction of sp³-hybridized carbons (Fsp3) is 0.346. The first-order valence-electron chi connectivity index (χ1n) is 11.2. The Morgan fingerprint density at radius 2 is 1.52 bits per heavy atom. The number of hydrogen-bond donors (Lipinski definition) is 0. The van der Waals surface area contributed by atoms with Crippen LogP contribution in [0.2, 0.25) is 0 Å². The number of anilines is 1. The highest BCUT2D eigenvalue weighted by Crippen LogP contribution is 2.29. The number of pyridine rings is 1. The minimum absolute atomic E-state index is 0.0146. The molecule has 2 fully saturated rings.